The Morgan fingerprint density at radius 2 is 1.16 bits per heavy atom. The van der Waals surface area contributed by atoms with Gasteiger partial charge in [-0.1, -0.05) is 112 Å². The maximum atomic E-state index is 8.58. The minimum Gasteiger partial charge on any atom is -0.423 e. The molecule has 2 N–H and O–H groups in total. The van der Waals surface area contributed by atoms with Gasteiger partial charge in [-0.15, -0.1) is 0 Å². The van der Waals surface area contributed by atoms with Crippen LogP contribution in [-0.2, 0) is 0 Å². The zero-order chi connectivity index (χ0) is 23.5. The van der Waals surface area contributed by atoms with Crippen LogP contribution in [-0.4, -0.2) is 17.2 Å². The van der Waals surface area contributed by atoms with Gasteiger partial charge >= 0.3 is 7.12 Å². The van der Waals surface area contributed by atoms with Crippen molar-refractivity contribution in [3.63, 3.8) is 0 Å². The number of benzene rings is 4. The van der Waals surface area contributed by atoms with Crippen molar-refractivity contribution < 1.29 is 10.0 Å². The van der Waals surface area contributed by atoms with E-state index in [1.165, 1.54) is 22.3 Å². The summed E-state index contributed by atoms with van der Waals surface area (Å²) in [5, 5.41) is 18.7. The largest absolute Gasteiger partial charge is 0.488 e. The predicted octanol–water partition coefficient (Wildman–Crippen LogP) is 7.09. The second kappa shape index (κ2) is 13.5. The molecule has 0 fully saturated rings. The molecule has 0 aliphatic carbocycles. The summed E-state index contributed by atoms with van der Waals surface area (Å²) in [5.74, 6) is 0. The van der Waals surface area contributed by atoms with Crippen molar-refractivity contribution in [3.05, 3.63) is 123 Å². The molecule has 4 aromatic rings. The van der Waals surface area contributed by atoms with E-state index in [-0.39, 0.29) is 0 Å². The quantitative estimate of drug-likeness (QED) is 0.272. The number of halogens is 3. The van der Waals surface area contributed by atoms with Crippen LogP contribution < -0.4 is 5.46 Å². The monoisotopic (exact) mass is 528 g/mol. The minimum absolute atomic E-state index is 0.525. The molecule has 0 radical (unpaired) electrons. The van der Waals surface area contributed by atoms with Crippen LogP contribution in [0.15, 0.2) is 102 Å². The van der Waals surface area contributed by atoms with Gasteiger partial charge in [0.25, 0.3) is 0 Å². The molecule has 0 bridgehead atoms. The molecule has 0 spiro atoms. The Bertz CT molecular complexity index is 1110. The van der Waals surface area contributed by atoms with E-state index in [9.17, 15) is 0 Å². The molecule has 2 nitrogen and oxygen atoms in total. The summed E-state index contributed by atoms with van der Waals surface area (Å²) < 4.78 is 1.06. The lowest BCUT2D eigenvalue weighted by molar-refractivity contribution is 0.426. The number of hydrogen-bond donors (Lipinski definition) is 2. The summed E-state index contributed by atoms with van der Waals surface area (Å²) in [6, 6.07) is 30.7. The van der Waals surface area contributed by atoms with Crippen LogP contribution in [0.3, 0.4) is 0 Å². The Labute approximate surface area is 208 Å². The van der Waals surface area contributed by atoms with Gasteiger partial charge in [-0.25, -0.2) is 0 Å². The van der Waals surface area contributed by atoms with E-state index < -0.39 is 7.12 Å². The van der Waals surface area contributed by atoms with Crippen molar-refractivity contribution in [1.82, 2.24) is 0 Å². The van der Waals surface area contributed by atoms with Gasteiger partial charge in [-0.2, -0.15) is 0 Å². The predicted molar refractivity (Wildman–Crippen MR) is 142 cm³/mol. The lowest BCUT2D eigenvalue weighted by Crippen LogP contribution is -2.29. The lowest BCUT2D eigenvalue weighted by Gasteiger charge is -2.05. The van der Waals surface area contributed by atoms with E-state index in [1.807, 2.05) is 67.6 Å². The van der Waals surface area contributed by atoms with E-state index in [1.54, 1.807) is 24.3 Å². The van der Waals surface area contributed by atoms with E-state index in [4.69, 9.17) is 33.2 Å². The first kappa shape index (κ1) is 26.2. The first-order chi connectivity index (χ1) is 15.3. The molecule has 0 amide bonds. The van der Waals surface area contributed by atoms with E-state index in [0.717, 1.165) is 14.5 Å². The summed E-state index contributed by atoms with van der Waals surface area (Å²) in [6.45, 7) is 4.12. The molecule has 0 aromatic heterocycles. The third-order valence-electron chi connectivity index (χ3n) is 4.52. The van der Waals surface area contributed by atoms with Gasteiger partial charge < -0.3 is 10.0 Å². The average molecular weight is 530 g/mol. The lowest BCUT2D eigenvalue weighted by atomic mass is 9.81. The molecule has 6 heteroatoms. The van der Waals surface area contributed by atoms with Crippen molar-refractivity contribution in [3.8, 4) is 11.1 Å². The summed E-state index contributed by atoms with van der Waals surface area (Å²) in [5.41, 5.74) is 5.41. The third-order valence-corrected chi connectivity index (χ3v) is 5.84. The van der Waals surface area contributed by atoms with Crippen molar-refractivity contribution in [2.24, 2.45) is 0 Å². The molecule has 0 saturated heterocycles. The Morgan fingerprint density at radius 3 is 1.62 bits per heavy atom. The van der Waals surface area contributed by atoms with Gasteiger partial charge in [0.05, 0.1) is 0 Å². The zero-order valence-electron chi connectivity index (χ0n) is 17.8. The third kappa shape index (κ3) is 8.81. The standard InChI is InChI=1S/C13H11Cl.C7H6BrCl.C6H7BO2/c1-10-7-8-12(14)9-13(10)11-5-3-2-4-6-11;1-5-2-3-6(9)4-7(5)8;8-7(9)6-4-2-1-3-5-6/h2-9H,1H3;2-4H,1H3;1-5,8-9H. The van der Waals surface area contributed by atoms with E-state index in [0.29, 0.717) is 5.46 Å². The highest BCUT2D eigenvalue weighted by Gasteiger charge is 2.07. The summed E-state index contributed by atoms with van der Waals surface area (Å²) >= 11 is 15.0. The SMILES string of the molecule is Cc1ccc(Cl)cc1-c1ccccc1.Cc1ccc(Cl)cc1Br.OB(O)c1ccccc1. The van der Waals surface area contributed by atoms with Crippen LogP contribution in [0, 0.1) is 13.8 Å². The molecule has 164 valence electrons. The maximum Gasteiger partial charge on any atom is 0.488 e. The van der Waals surface area contributed by atoms with Crippen LogP contribution in [0.2, 0.25) is 10.0 Å². The second-order valence-electron chi connectivity index (χ2n) is 7.00. The molecule has 0 heterocycles. The molecule has 0 atom stereocenters. The summed E-state index contributed by atoms with van der Waals surface area (Å²) in [7, 11) is -1.34. The van der Waals surface area contributed by atoms with Gasteiger partial charge in [0.15, 0.2) is 0 Å². The molecular weight excluding hydrogens is 506 g/mol. The minimum atomic E-state index is -1.34. The highest BCUT2D eigenvalue weighted by Crippen LogP contribution is 2.26. The topological polar surface area (TPSA) is 40.5 Å². The molecule has 32 heavy (non-hydrogen) atoms. The van der Waals surface area contributed by atoms with Crippen LogP contribution in [0.1, 0.15) is 11.1 Å². The Kier molecular flexibility index (Phi) is 11.0. The first-order valence-electron chi connectivity index (χ1n) is 9.92. The Balaban J connectivity index is 0.000000178. The smallest absolute Gasteiger partial charge is 0.423 e. The van der Waals surface area contributed by atoms with Gasteiger partial charge in [0.2, 0.25) is 0 Å². The molecule has 4 aromatic carbocycles. The molecule has 0 aliphatic rings. The number of rotatable bonds is 2. The van der Waals surface area contributed by atoms with Crippen molar-refractivity contribution in [1.29, 1.82) is 0 Å². The van der Waals surface area contributed by atoms with Crippen molar-refractivity contribution in [2.75, 3.05) is 0 Å². The van der Waals surface area contributed by atoms with E-state index in [2.05, 4.69) is 35.0 Å². The normalized spacial score (nSPS) is 9.72. The fraction of sp³-hybridized carbons (Fsp3) is 0.0769. The average Bonchev–Trinajstić information content (AvgIpc) is 2.80. The van der Waals surface area contributed by atoms with Crippen LogP contribution in [0.25, 0.3) is 11.1 Å². The van der Waals surface area contributed by atoms with Gasteiger partial charge in [-0.3, -0.25) is 0 Å². The van der Waals surface area contributed by atoms with E-state index >= 15 is 0 Å². The summed E-state index contributed by atoms with van der Waals surface area (Å²) in [4.78, 5) is 0. The van der Waals surface area contributed by atoms with Crippen molar-refractivity contribution >= 4 is 51.7 Å². The van der Waals surface area contributed by atoms with Crippen LogP contribution >= 0.6 is 39.1 Å². The Morgan fingerprint density at radius 1 is 0.656 bits per heavy atom. The highest BCUT2D eigenvalue weighted by atomic mass is 79.9. The molecular formula is C26H24BBrCl2O2. The maximum absolute atomic E-state index is 8.58. The number of aryl methyl sites for hydroxylation is 2. The molecule has 0 aliphatic heterocycles. The highest BCUT2D eigenvalue weighted by molar-refractivity contribution is 9.10. The fourth-order valence-corrected chi connectivity index (χ4v) is 3.57. The zero-order valence-corrected chi connectivity index (χ0v) is 20.9. The van der Waals surface area contributed by atoms with Gasteiger partial charge in [0.1, 0.15) is 0 Å². The van der Waals surface area contributed by atoms with Crippen molar-refractivity contribution in [2.45, 2.75) is 13.8 Å². The summed E-state index contributed by atoms with van der Waals surface area (Å²) in [6.07, 6.45) is 0. The second-order valence-corrected chi connectivity index (χ2v) is 8.73. The van der Waals surface area contributed by atoms with Gasteiger partial charge in [0, 0.05) is 14.5 Å². The Hall–Kier alpha value is -2.08. The molecule has 4 rings (SSSR count). The van der Waals surface area contributed by atoms with Crippen LogP contribution in [0.5, 0.6) is 0 Å². The van der Waals surface area contributed by atoms with Gasteiger partial charge in [-0.05, 0) is 65.8 Å². The number of hydrogen-bond acceptors (Lipinski definition) is 2. The fourth-order valence-electron chi connectivity index (χ4n) is 2.72. The molecule has 0 unspecified atom stereocenters. The van der Waals surface area contributed by atoms with Crippen LogP contribution in [0.4, 0.5) is 0 Å². The first-order valence-corrected chi connectivity index (χ1v) is 11.5. The molecule has 0 saturated carbocycles.